The van der Waals surface area contributed by atoms with E-state index in [1.165, 1.54) is 23.8 Å². The first-order chi connectivity index (χ1) is 7.88. The molecule has 0 saturated heterocycles. The molecule has 0 aliphatic heterocycles. The van der Waals surface area contributed by atoms with Crippen LogP contribution in [0.2, 0.25) is 0 Å². The summed E-state index contributed by atoms with van der Waals surface area (Å²) in [4.78, 5) is 11.2. The van der Waals surface area contributed by atoms with Crippen molar-refractivity contribution in [2.75, 3.05) is 18.6 Å². The lowest BCUT2D eigenvalue weighted by atomic mass is 10.1. The first-order valence-corrected chi connectivity index (χ1v) is 7.00. The zero-order valence-corrected chi connectivity index (χ0v) is 12.6. The second-order valence-corrected chi connectivity index (χ2v) is 5.72. The predicted molar refractivity (Wildman–Crippen MR) is 76.3 cm³/mol. The van der Waals surface area contributed by atoms with Crippen LogP contribution in [0.5, 0.6) is 0 Å². The Morgan fingerprint density at radius 2 is 1.88 bits per heavy atom. The molecule has 0 saturated carbocycles. The molecule has 0 aliphatic rings. The highest BCUT2D eigenvalue weighted by atomic mass is 32.2. The average molecular weight is 256 g/mol. The lowest BCUT2D eigenvalue weighted by Gasteiger charge is -2.10. The number of methoxy groups -OCH3 is 1. The fraction of sp³-hybridized carbons (Fsp3) is 0.643. The van der Waals surface area contributed by atoms with Crippen molar-refractivity contribution in [3.63, 3.8) is 0 Å². The second-order valence-electron chi connectivity index (χ2n) is 4.69. The first-order valence-electron chi connectivity index (χ1n) is 5.85. The predicted octanol–water partition coefficient (Wildman–Crippen LogP) is 3.83. The summed E-state index contributed by atoms with van der Waals surface area (Å²) in [6.07, 6.45) is 2.21. The third-order valence-corrected chi connectivity index (χ3v) is 3.58. The largest absolute Gasteiger partial charge is 0.469 e. The smallest absolute Gasteiger partial charge is 0.309 e. The molecule has 0 aromatic heterocycles. The highest BCUT2D eigenvalue weighted by molar-refractivity contribution is 7.99. The molecule has 1 unspecified atom stereocenters. The van der Waals surface area contributed by atoms with Gasteiger partial charge in [0.1, 0.15) is 0 Å². The Morgan fingerprint density at radius 3 is 2.29 bits per heavy atom. The Kier molecular flexibility index (Phi) is 8.05. The Hall–Kier alpha value is -0.700. The summed E-state index contributed by atoms with van der Waals surface area (Å²) >= 11 is 1.78. The maximum absolute atomic E-state index is 11.2. The van der Waals surface area contributed by atoms with E-state index < -0.39 is 0 Å². The summed E-state index contributed by atoms with van der Waals surface area (Å²) in [5, 5.41) is 0. The van der Waals surface area contributed by atoms with Crippen molar-refractivity contribution in [1.29, 1.82) is 0 Å². The molecule has 0 amide bonds. The molecule has 98 valence electrons. The van der Waals surface area contributed by atoms with Crippen LogP contribution in [0, 0.1) is 5.92 Å². The van der Waals surface area contributed by atoms with Crippen LogP contribution in [-0.4, -0.2) is 24.6 Å². The van der Waals surface area contributed by atoms with E-state index in [1.54, 1.807) is 11.8 Å². The molecule has 0 bridgehead atoms. The van der Waals surface area contributed by atoms with E-state index in [1.807, 2.05) is 6.92 Å². The van der Waals surface area contributed by atoms with E-state index in [4.69, 9.17) is 4.74 Å². The summed E-state index contributed by atoms with van der Waals surface area (Å²) in [5.41, 5.74) is 4.00. The Labute approximate surface area is 110 Å². The van der Waals surface area contributed by atoms with Gasteiger partial charge in [-0.2, -0.15) is 11.8 Å². The van der Waals surface area contributed by atoms with Crippen LogP contribution < -0.4 is 0 Å². The SMILES string of the molecule is COC(=O)C(C)CSCC(C=C(C)C)=C(C)C. The Morgan fingerprint density at radius 1 is 1.29 bits per heavy atom. The average Bonchev–Trinajstić information content (AvgIpc) is 2.25. The molecule has 0 aliphatic carbocycles. The van der Waals surface area contributed by atoms with Gasteiger partial charge in [-0.3, -0.25) is 4.79 Å². The lowest BCUT2D eigenvalue weighted by molar-refractivity contribution is -0.143. The highest BCUT2D eigenvalue weighted by Gasteiger charge is 2.12. The molecule has 17 heavy (non-hydrogen) atoms. The van der Waals surface area contributed by atoms with Crippen LogP contribution in [0.3, 0.4) is 0 Å². The second kappa shape index (κ2) is 8.40. The van der Waals surface area contributed by atoms with Gasteiger partial charge in [-0.25, -0.2) is 0 Å². The first kappa shape index (κ1) is 16.3. The van der Waals surface area contributed by atoms with Gasteiger partial charge in [0, 0.05) is 11.5 Å². The van der Waals surface area contributed by atoms with Crippen LogP contribution in [0.1, 0.15) is 34.6 Å². The number of esters is 1. The molecule has 0 heterocycles. The standard InChI is InChI=1S/C14H24O2S/c1-10(2)7-13(11(3)4)9-17-8-12(5)14(15)16-6/h7,12H,8-9H2,1-6H3. The van der Waals surface area contributed by atoms with Crippen LogP contribution in [0.25, 0.3) is 0 Å². The van der Waals surface area contributed by atoms with Gasteiger partial charge in [0.2, 0.25) is 0 Å². The number of hydrogen-bond donors (Lipinski definition) is 0. The van der Waals surface area contributed by atoms with Gasteiger partial charge in [0.25, 0.3) is 0 Å². The summed E-state index contributed by atoms with van der Waals surface area (Å²) < 4.78 is 4.71. The number of allylic oxidation sites excluding steroid dienone is 3. The normalized spacial score (nSPS) is 11.6. The number of thioether (sulfide) groups is 1. The minimum atomic E-state index is -0.126. The lowest BCUT2D eigenvalue weighted by Crippen LogP contribution is -2.15. The van der Waals surface area contributed by atoms with Crippen LogP contribution in [-0.2, 0) is 9.53 Å². The van der Waals surface area contributed by atoms with Gasteiger partial charge in [-0.15, -0.1) is 0 Å². The Balaban J connectivity index is 4.23. The third-order valence-electron chi connectivity index (χ3n) is 2.33. The molecule has 0 fully saturated rings. The molecular weight excluding hydrogens is 232 g/mol. The van der Waals surface area contributed by atoms with Crippen molar-refractivity contribution in [1.82, 2.24) is 0 Å². The zero-order valence-electron chi connectivity index (χ0n) is 11.8. The van der Waals surface area contributed by atoms with Crippen LogP contribution >= 0.6 is 11.8 Å². The van der Waals surface area contributed by atoms with E-state index in [9.17, 15) is 4.79 Å². The van der Waals surface area contributed by atoms with Crippen molar-refractivity contribution in [3.8, 4) is 0 Å². The maximum atomic E-state index is 11.2. The molecule has 0 N–H and O–H groups in total. The minimum absolute atomic E-state index is 0.0323. The maximum Gasteiger partial charge on any atom is 0.309 e. The summed E-state index contributed by atoms with van der Waals surface area (Å²) in [5.74, 6) is 1.60. The summed E-state index contributed by atoms with van der Waals surface area (Å²) in [7, 11) is 1.44. The van der Waals surface area contributed by atoms with Crippen molar-refractivity contribution in [2.45, 2.75) is 34.6 Å². The minimum Gasteiger partial charge on any atom is -0.469 e. The quantitative estimate of drug-likeness (QED) is 0.533. The summed E-state index contributed by atoms with van der Waals surface area (Å²) in [6.45, 7) is 10.4. The van der Waals surface area contributed by atoms with Gasteiger partial charge in [-0.05, 0) is 33.3 Å². The van der Waals surface area contributed by atoms with Gasteiger partial charge >= 0.3 is 5.97 Å². The zero-order chi connectivity index (χ0) is 13.4. The van der Waals surface area contributed by atoms with E-state index >= 15 is 0 Å². The number of ether oxygens (including phenoxy) is 1. The molecule has 3 heteroatoms. The molecule has 0 rings (SSSR count). The molecule has 2 nitrogen and oxygen atoms in total. The van der Waals surface area contributed by atoms with E-state index in [-0.39, 0.29) is 11.9 Å². The monoisotopic (exact) mass is 256 g/mol. The van der Waals surface area contributed by atoms with Gasteiger partial charge in [0.15, 0.2) is 0 Å². The molecule has 0 spiro atoms. The molecule has 0 aromatic rings. The van der Waals surface area contributed by atoms with Crippen molar-refractivity contribution in [2.24, 2.45) is 5.92 Å². The van der Waals surface area contributed by atoms with E-state index in [0.29, 0.717) is 0 Å². The number of carbonyl (C=O) groups excluding carboxylic acids is 1. The summed E-state index contributed by atoms with van der Waals surface area (Å²) in [6, 6.07) is 0. The van der Waals surface area contributed by atoms with Gasteiger partial charge in [-0.1, -0.05) is 24.1 Å². The van der Waals surface area contributed by atoms with Gasteiger partial charge in [0.05, 0.1) is 13.0 Å². The molecule has 1 atom stereocenters. The number of carbonyl (C=O) groups is 1. The highest BCUT2D eigenvalue weighted by Crippen LogP contribution is 2.18. The number of hydrogen-bond acceptors (Lipinski definition) is 3. The number of rotatable bonds is 6. The van der Waals surface area contributed by atoms with E-state index in [0.717, 1.165) is 11.5 Å². The topological polar surface area (TPSA) is 26.3 Å². The third kappa shape index (κ3) is 7.27. The van der Waals surface area contributed by atoms with E-state index in [2.05, 4.69) is 33.8 Å². The van der Waals surface area contributed by atoms with Crippen molar-refractivity contribution >= 4 is 17.7 Å². The van der Waals surface area contributed by atoms with Crippen LogP contribution in [0.4, 0.5) is 0 Å². The fourth-order valence-electron chi connectivity index (χ4n) is 1.29. The molecule has 0 aromatic carbocycles. The molecular formula is C14H24O2S. The van der Waals surface area contributed by atoms with Crippen molar-refractivity contribution < 1.29 is 9.53 Å². The fourth-order valence-corrected chi connectivity index (χ4v) is 2.49. The Bertz CT molecular complexity index is 308. The van der Waals surface area contributed by atoms with Crippen LogP contribution in [0.15, 0.2) is 22.8 Å². The van der Waals surface area contributed by atoms with Gasteiger partial charge < -0.3 is 4.74 Å². The molecule has 0 radical (unpaired) electrons. The van der Waals surface area contributed by atoms with Crippen molar-refractivity contribution in [3.05, 3.63) is 22.8 Å².